The van der Waals surface area contributed by atoms with Crippen molar-refractivity contribution in [3.63, 3.8) is 0 Å². The third-order valence-electron chi connectivity index (χ3n) is 10.2. The summed E-state index contributed by atoms with van der Waals surface area (Å²) in [5, 5.41) is 6.77. The van der Waals surface area contributed by atoms with E-state index in [1.165, 1.54) is 0 Å². The molecule has 0 amide bonds. The third kappa shape index (κ3) is 12.6. The molecule has 0 aliphatic carbocycles. The molecule has 0 bridgehead atoms. The zero-order chi connectivity index (χ0) is 38.2. The third-order valence-corrected chi connectivity index (χ3v) is 23.2. The van der Waals surface area contributed by atoms with Gasteiger partial charge in [0.25, 0.3) is 0 Å². The summed E-state index contributed by atoms with van der Waals surface area (Å²) in [5.74, 6) is 3.53. The van der Waals surface area contributed by atoms with Gasteiger partial charge in [0.15, 0.2) is 0 Å². The average molecular weight is 780 g/mol. The lowest BCUT2D eigenvalue weighted by Crippen LogP contribution is -2.43. The normalized spacial score (nSPS) is 11.3. The highest BCUT2D eigenvalue weighted by Crippen LogP contribution is 2.41. The first-order valence-corrected chi connectivity index (χ1v) is 23.9. The van der Waals surface area contributed by atoms with Crippen LogP contribution in [-0.4, -0.2) is 16.1 Å². The van der Waals surface area contributed by atoms with Crippen molar-refractivity contribution in [2.75, 3.05) is 10.6 Å². The fourth-order valence-corrected chi connectivity index (χ4v) is 18.4. The van der Waals surface area contributed by atoms with Crippen LogP contribution >= 0.6 is 15.9 Å². The van der Waals surface area contributed by atoms with Gasteiger partial charge in [-0.05, 0) is 93.9 Å². The van der Waals surface area contributed by atoms with Crippen molar-refractivity contribution in [3.05, 3.63) is 119 Å². The largest absolute Gasteiger partial charge is 0.355 e. The summed E-state index contributed by atoms with van der Waals surface area (Å²) in [6.07, 6.45) is 5.72. The van der Waals surface area contributed by atoms with E-state index in [2.05, 4.69) is 163 Å². The van der Waals surface area contributed by atoms with Crippen LogP contribution in [-0.2, 0) is 0 Å². The van der Waals surface area contributed by atoms with Gasteiger partial charge in [-0.1, -0.05) is 153 Å². The lowest BCUT2D eigenvalue weighted by Gasteiger charge is -2.38. The van der Waals surface area contributed by atoms with Crippen molar-refractivity contribution in [1.29, 1.82) is 0 Å². The molecular formula is C46H63BrN2Si2. The maximum atomic E-state index is 5.72. The van der Waals surface area contributed by atoms with E-state index in [1.807, 2.05) is 72.8 Å². The number of nitrogens with one attached hydrogen (secondary N) is 2. The van der Waals surface area contributed by atoms with Gasteiger partial charge >= 0.3 is 0 Å². The van der Waals surface area contributed by atoms with Crippen LogP contribution in [0.4, 0.5) is 22.7 Å². The molecule has 2 nitrogen and oxygen atoms in total. The van der Waals surface area contributed by atoms with E-state index in [1.54, 1.807) is 0 Å². The van der Waals surface area contributed by atoms with Crippen molar-refractivity contribution >= 4 is 54.8 Å². The topological polar surface area (TPSA) is 24.1 Å². The van der Waals surface area contributed by atoms with E-state index < -0.39 is 16.1 Å². The summed E-state index contributed by atoms with van der Waals surface area (Å²) >= 11 is 3.44. The molecule has 0 aromatic heterocycles. The Morgan fingerprint density at radius 3 is 1.20 bits per heavy atom. The van der Waals surface area contributed by atoms with Gasteiger partial charge in [-0.2, -0.15) is 0 Å². The van der Waals surface area contributed by atoms with Gasteiger partial charge in [0, 0.05) is 32.8 Å². The first-order valence-electron chi connectivity index (χ1n) is 18.6. The molecule has 0 saturated heterocycles. The van der Waals surface area contributed by atoms with Gasteiger partial charge in [0.2, 0.25) is 0 Å². The SMILES string of the molecule is Brc1cccc(Nc2ccccc2)c1.C#C[Si](C(C)C)(C(C)C)C(C)C.CC(C)[Si](C#Cc1cccc(Nc2ccccc2)c1)(C(C)C)C(C)C. The van der Waals surface area contributed by atoms with Crippen LogP contribution in [0.15, 0.2) is 114 Å². The second-order valence-corrected chi connectivity index (χ2v) is 27.4. The van der Waals surface area contributed by atoms with Crippen molar-refractivity contribution in [2.45, 2.75) is 116 Å². The molecule has 4 aromatic carbocycles. The van der Waals surface area contributed by atoms with Crippen molar-refractivity contribution in [3.8, 4) is 23.4 Å². The maximum absolute atomic E-state index is 5.72. The molecular weight excluding hydrogens is 717 g/mol. The average Bonchev–Trinajstić information content (AvgIpc) is 3.06. The molecule has 2 N–H and O–H groups in total. The smallest absolute Gasteiger partial charge is 0.146 e. The molecule has 272 valence electrons. The maximum Gasteiger partial charge on any atom is 0.146 e. The van der Waals surface area contributed by atoms with Crippen LogP contribution < -0.4 is 10.6 Å². The second-order valence-electron chi connectivity index (χ2n) is 15.3. The molecule has 4 aromatic rings. The van der Waals surface area contributed by atoms with E-state index >= 15 is 0 Å². The predicted octanol–water partition coefficient (Wildman–Crippen LogP) is 15.0. The number of benzene rings is 4. The summed E-state index contributed by atoms with van der Waals surface area (Å²) in [6.45, 7) is 27.8. The Labute approximate surface area is 322 Å². The van der Waals surface area contributed by atoms with E-state index in [0.717, 1.165) is 32.8 Å². The Kier molecular flexibility index (Phi) is 18.1. The first kappa shape index (κ1) is 43.7. The lowest BCUT2D eigenvalue weighted by molar-refractivity contribution is 0.838. The van der Waals surface area contributed by atoms with Crippen LogP contribution in [0.25, 0.3) is 0 Å². The highest BCUT2D eigenvalue weighted by molar-refractivity contribution is 9.10. The zero-order valence-corrected chi connectivity index (χ0v) is 36.9. The van der Waals surface area contributed by atoms with Crippen molar-refractivity contribution in [1.82, 2.24) is 0 Å². The van der Waals surface area contributed by atoms with Gasteiger partial charge in [-0.15, -0.1) is 17.5 Å². The number of hydrogen-bond donors (Lipinski definition) is 2. The highest BCUT2D eigenvalue weighted by atomic mass is 79.9. The highest BCUT2D eigenvalue weighted by Gasteiger charge is 2.42. The fourth-order valence-electron chi connectivity index (χ4n) is 7.73. The van der Waals surface area contributed by atoms with Crippen LogP contribution in [0.3, 0.4) is 0 Å². The Morgan fingerprint density at radius 2 is 0.843 bits per heavy atom. The molecule has 4 rings (SSSR count). The molecule has 0 aliphatic heterocycles. The molecule has 0 heterocycles. The van der Waals surface area contributed by atoms with Gasteiger partial charge < -0.3 is 10.6 Å². The quantitative estimate of drug-likeness (QED) is 0.124. The summed E-state index contributed by atoms with van der Waals surface area (Å²) in [6, 6.07) is 36.9. The Balaban J connectivity index is 0.000000292. The van der Waals surface area contributed by atoms with Crippen molar-refractivity contribution < 1.29 is 0 Å². The standard InChI is InChI=1S/C23H31NSi.C12H10BrN.C11H22Si/c1-18(2)25(19(3)4,20(5)6)16-15-21-11-10-14-23(17-21)24-22-12-8-7-9-13-22;13-10-5-4-8-12(9-10)14-11-6-2-1-3-7-11;1-8-12(9(2)3,10(4)5)11(6)7/h7-14,17-20,24H,1-6H3;1-9,14H;1,9-11H,2-7H3. The van der Waals surface area contributed by atoms with E-state index in [0.29, 0.717) is 33.2 Å². The molecule has 5 heteroatoms. The molecule has 0 atom stereocenters. The first-order chi connectivity index (χ1) is 24.1. The van der Waals surface area contributed by atoms with Gasteiger partial charge in [0.1, 0.15) is 16.1 Å². The summed E-state index contributed by atoms with van der Waals surface area (Å²) in [7, 11) is -3.16. The monoisotopic (exact) mass is 778 g/mol. The predicted molar refractivity (Wildman–Crippen MR) is 238 cm³/mol. The summed E-state index contributed by atoms with van der Waals surface area (Å²) in [5.41, 5.74) is 16.5. The molecule has 0 saturated carbocycles. The van der Waals surface area contributed by atoms with E-state index in [9.17, 15) is 0 Å². The number of rotatable bonds is 10. The molecule has 0 unspecified atom stereocenters. The van der Waals surface area contributed by atoms with E-state index in [4.69, 9.17) is 6.42 Å². The summed E-state index contributed by atoms with van der Waals surface area (Å²) in [4.78, 5) is 0. The van der Waals surface area contributed by atoms with Gasteiger partial charge in [-0.25, -0.2) is 0 Å². The van der Waals surface area contributed by atoms with Crippen LogP contribution in [0.5, 0.6) is 0 Å². The minimum atomic E-state index is -1.68. The molecule has 0 fully saturated rings. The fraction of sp³-hybridized carbons (Fsp3) is 0.391. The molecule has 0 aliphatic rings. The molecule has 0 spiro atoms. The summed E-state index contributed by atoms with van der Waals surface area (Å²) < 4.78 is 1.08. The lowest BCUT2D eigenvalue weighted by atomic mass is 10.2. The number of para-hydroxylation sites is 2. The number of anilines is 4. The van der Waals surface area contributed by atoms with Gasteiger partial charge in [0.05, 0.1) is 0 Å². The zero-order valence-electron chi connectivity index (χ0n) is 33.3. The number of hydrogen-bond acceptors (Lipinski definition) is 2. The second kappa shape index (κ2) is 21.1. The Hall–Kier alpha value is -3.49. The van der Waals surface area contributed by atoms with Crippen LogP contribution in [0, 0.1) is 23.4 Å². The van der Waals surface area contributed by atoms with E-state index in [-0.39, 0.29) is 0 Å². The Bertz CT molecular complexity index is 1650. The van der Waals surface area contributed by atoms with Crippen molar-refractivity contribution in [2.24, 2.45) is 0 Å². The minimum absolute atomic E-state index is 0.658. The van der Waals surface area contributed by atoms with Crippen LogP contribution in [0.1, 0.15) is 88.6 Å². The minimum Gasteiger partial charge on any atom is -0.355 e. The van der Waals surface area contributed by atoms with Gasteiger partial charge in [-0.3, -0.25) is 0 Å². The molecule has 51 heavy (non-hydrogen) atoms. The molecule has 0 radical (unpaired) electrons. The number of halogens is 1. The van der Waals surface area contributed by atoms with Crippen LogP contribution in [0.2, 0.25) is 33.2 Å². The number of terminal acetylenes is 1. The Morgan fingerprint density at radius 1 is 0.471 bits per heavy atom.